The largest absolute Gasteiger partial charge is 0.411 e. The molecule has 2 nitrogen and oxygen atoms in total. The number of hydrogen-bond acceptors (Lipinski definition) is 2. The SMILES string of the molecule is CC(/C=C/c1ccccc1)=N/O. The second-order valence-corrected chi connectivity index (χ2v) is 2.49. The van der Waals surface area contributed by atoms with Gasteiger partial charge in [0.05, 0.1) is 5.71 Å². The second kappa shape index (κ2) is 4.34. The lowest BCUT2D eigenvalue weighted by atomic mass is 10.2. The first-order chi connectivity index (χ1) is 5.83. The summed E-state index contributed by atoms with van der Waals surface area (Å²) in [5, 5.41) is 11.4. The van der Waals surface area contributed by atoms with Gasteiger partial charge in [-0.05, 0) is 18.6 Å². The number of hydrogen-bond donors (Lipinski definition) is 1. The van der Waals surface area contributed by atoms with Crippen LogP contribution in [0.1, 0.15) is 12.5 Å². The molecule has 1 N–H and O–H groups in total. The van der Waals surface area contributed by atoms with Crippen LogP contribution < -0.4 is 0 Å². The first-order valence-electron chi connectivity index (χ1n) is 3.74. The van der Waals surface area contributed by atoms with Crippen LogP contribution in [0.2, 0.25) is 0 Å². The number of nitrogens with zero attached hydrogens (tertiary/aromatic N) is 1. The van der Waals surface area contributed by atoms with Crippen molar-refractivity contribution in [1.29, 1.82) is 0 Å². The first kappa shape index (κ1) is 8.53. The Balaban J connectivity index is 2.70. The molecule has 0 heterocycles. The van der Waals surface area contributed by atoms with Crippen molar-refractivity contribution in [3.63, 3.8) is 0 Å². The van der Waals surface area contributed by atoms with Gasteiger partial charge in [0.1, 0.15) is 0 Å². The Morgan fingerprint density at radius 1 is 1.33 bits per heavy atom. The molecule has 0 spiro atoms. The molecule has 0 saturated heterocycles. The molecule has 0 amide bonds. The Morgan fingerprint density at radius 3 is 2.58 bits per heavy atom. The van der Waals surface area contributed by atoms with Crippen LogP contribution in [0.15, 0.2) is 41.6 Å². The van der Waals surface area contributed by atoms with E-state index in [1.807, 2.05) is 36.4 Å². The minimum absolute atomic E-state index is 0.596. The molecular formula is C10H11NO. The summed E-state index contributed by atoms with van der Waals surface area (Å²) in [6.45, 7) is 1.74. The van der Waals surface area contributed by atoms with E-state index in [1.54, 1.807) is 13.0 Å². The van der Waals surface area contributed by atoms with Gasteiger partial charge in [0.15, 0.2) is 0 Å². The van der Waals surface area contributed by atoms with Crippen LogP contribution in [-0.4, -0.2) is 10.9 Å². The molecule has 1 aromatic rings. The lowest BCUT2D eigenvalue weighted by molar-refractivity contribution is 0.319. The summed E-state index contributed by atoms with van der Waals surface area (Å²) in [6.07, 6.45) is 3.66. The van der Waals surface area contributed by atoms with Crippen molar-refractivity contribution in [2.24, 2.45) is 5.16 Å². The Kier molecular flexibility index (Phi) is 3.08. The molecule has 62 valence electrons. The van der Waals surface area contributed by atoms with Gasteiger partial charge < -0.3 is 5.21 Å². The zero-order valence-electron chi connectivity index (χ0n) is 6.94. The maximum atomic E-state index is 8.35. The van der Waals surface area contributed by atoms with E-state index >= 15 is 0 Å². The summed E-state index contributed by atoms with van der Waals surface area (Å²) >= 11 is 0. The van der Waals surface area contributed by atoms with Crippen LogP contribution in [0.4, 0.5) is 0 Å². The predicted octanol–water partition coefficient (Wildman–Crippen LogP) is 2.55. The molecule has 0 bridgehead atoms. The average Bonchev–Trinajstić information content (AvgIpc) is 2.16. The van der Waals surface area contributed by atoms with E-state index in [0.717, 1.165) is 5.56 Å². The highest BCUT2D eigenvalue weighted by Crippen LogP contribution is 2.00. The minimum Gasteiger partial charge on any atom is -0.411 e. The number of benzene rings is 1. The van der Waals surface area contributed by atoms with Crippen LogP contribution in [0.3, 0.4) is 0 Å². The van der Waals surface area contributed by atoms with Crippen molar-refractivity contribution < 1.29 is 5.21 Å². The smallest absolute Gasteiger partial charge is 0.0765 e. The lowest BCUT2D eigenvalue weighted by Crippen LogP contribution is -1.82. The molecule has 0 fully saturated rings. The van der Waals surface area contributed by atoms with Gasteiger partial charge in [-0.2, -0.15) is 0 Å². The van der Waals surface area contributed by atoms with E-state index < -0.39 is 0 Å². The fourth-order valence-corrected chi connectivity index (χ4v) is 0.814. The van der Waals surface area contributed by atoms with Gasteiger partial charge in [-0.1, -0.05) is 41.6 Å². The van der Waals surface area contributed by atoms with Gasteiger partial charge in [0, 0.05) is 0 Å². The third-order valence-corrected chi connectivity index (χ3v) is 1.47. The maximum Gasteiger partial charge on any atom is 0.0765 e. The van der Waals surface area contributed by atoms with Gasteiger partial charge in [-0.25, -0.2) is 0 Å². The summed E-state index contributed by atoms with van der Waals surface area (Å²) < 4.78 is 0. The van der Waals surface area contributed by atoms with Crippen LogP contribution in [0.5, 0.6) is 0 Å². The summed E-state index contributed by atoms with van der Waals surface area (Å²) in [7, 11) is 0. The van der Waals surface area contributed by atoms with E-state index in [4.69, 9.17) is 5.21 Å². The molecule has 0 atom stereocenters. The van der Waals surface area contributed by atoms with Gasteiger partial charge in [-0.3, -0.25) is 0 Å². The van der Waals surface area contributed by atoms with E-state index in [9.17, 15) is 0 Å². The molecule has 0 unspecified atom stereocenters. The van der Waals surface area contributed by atoms with E-state index in [2.05, 4.69) is 5.16 Å². The summed E-state index contributed by atoms with van der Waals surface area (Å²) in [5.41, 5.74) is 1.69. The Bertz CT molecular complexity index is 288. The lowest BCUT2D eigenvalue weighted by Gasteiger charge is -1.89. The highest BCUT2D eigenvalue weighted by Gasteiger charge is 1.84. The van der Waals surface area contributed by atoms with Crippen molar-refractivity contribution in [1.82, 2.24) is 0 Å². The fourth-order valence-electron chi connectivity index (χ4n) is 0.814. The monoisotopic (exact) mass is 161 g/mol. The number of rotatable bonds is 2. The normalized spacial score (nSPS) is 12.2. The molecule has 2 heteroatoms. The molecule has 0 saturated carbocycles. The van der Waals surface area contributed by atoms with Crippen LogP contribution in [0.25, 0.3) is 6.08 Å². The Hall–Kier alpha value is -1.57. The topological polar surface area (TPSA) is 32.6 Å². The molecule has 1 aromatic carbocycles. The van der Waals surface area contributed by atoms with Crippen molar-refractivity contribution in [2.45, 2.75) is 6.92 Å². The highest BCUT2D eigenvalue weighted by atomic mass is 16.4. The second-order valence-electron chi connectivity index (χ2n) is 2.49. The summed E-state index contributed by atoms with van der Waals surface area (Å²) in [4.78, 5) is 0. The Morgan fingerprint density at radius 2 is 2.00 bits per heavy atom. The van der Waals surface area contributed by atoms with Crippen LogP contribution in [-0.2, 0) is 0 Å². The zero-order chi connectivity index (χ0) is 8.81. The molecule has 0 aromatic heterocycles. The molecule has 0 radical (unpaired) electrons. The highest BCUT2D eigenvalue weighted by molar-refractivity contribution is 5.95. The van der Waals surface area contributed by atoms with Crippen molar-refractivity contribution >= 4 is 11.8 Å². The van der Waals surface area contributed by atoms with Crippen LogP contribution >= 0.6 is 0 Å². The molecule has 0 aliphatic rings. The average molecular weight is 161 g/mol. The standard InChI is InChI=1S/C10H11NO/c1-9(11-12)7-8-10-5-3-2-4-6-10/h2-8,12H,1H3/b8-7+,11-9-. The van der Waals surface area contributed by atoms with Crippen LogP contribution in [0, 0.1) is 0 Å². The van der Waals surface area contributed by atoms with Gasteiger partial charge in [0.2, 0.25) is 0 Å². The molecule has 1 rings (SSSR count). The molecular weight excluding hydrogens is 150 g/mol. The molecule has 12 heavy (non-hydrogen) atoms. The number of oxime groups is 1. The summed E-state index contributed by atoms with van der Waals surface area (Å²) in [5.74, 6) is 0. The molecule has 0 aliphatic heterocycles. The number of allylic oxidation sites excluding steroid dienone is 1. The fraction of sp³-hybridized carbons (Fsp3) is 0.100. The van der Waals surface area contributed by atoms with E-state index in [1.165, 1.54) is 0 Å². The summed E-state index contributed by atoms with van der Waals surface area (Å²) in [6, 6.07) is 9.86. The molecule has 0 aliphatic carbocycles. The van der Waals surface area contributed by atoms with E-state index in [-0.39, 0.29) is 0 Å². The van der Waals surface area contributed by atoms with Crippen molar-refractivity contribution in [3.05, 3.63) is 42.0 Å². The van der Waals surface area contributed by atoms with Gasteiger partial charge in [-0.15, -0.1) is 0 Å². The van der Waals surface area contributed by atoms with Gasteiger partial charge >= 0.3 is 0 Å². The minimum atomic E-state index is 0.596. The first-order valence-corrected chi connectivity index (χ1v) is 3.74. The maximum absolute atomic E-state index is 8.35. The Labute approximate surface area is 71.8 Å². The zero-order valence-corrected chi connectivity index (χ0v) is 6.94. The predicted molar refractivity (Wildman–Crippen MR) is 50.4 cm³/mol. The van der Waals surface area contributed by atoms with Crippen molar-refractivity contribution in [2.75, 3.05) is 0 Å². The van der Waals surface area contributed by atoms with E-state index in [0.29, 0.717) is 5.71 Å². The third kappa shape index (κ3) is 2.58. The quantitative estimate of drug-likeness (QED) is 0.403. The van der Waals surface area contributed by atoms with Gasteiger partial charge in [0.25, 0.3) is 0 Å². The third-order valence-electron chi connectivity index (χ3n) is 1.47. The van der Waals surface area contributed by atoms with Crippen molar-refractivity contribution in [3.8, 4) is 0 Å².